The van der Waals surface area contributed by atoms with Crippen LogP contribution in [0.5, 0.6) is 5.75 Å². The lowest BCUT2D eigenvalue weighted by atomic mass is 9.95. The largest absolute Gasteiger partial charge is 0.490 e. The predicted molar refractivity (Wildman–Crippen MR) is 74.5 cm³/mol. The van der Waals surface area contributed by atoms with Crippen molar-refractivity contribution in [1.82, 2.24) is 4.90 Å². The van der Waals surface area contributed by atoms with Crippen LogP contribution in [0.4, 0.5) is 5.69 Å². The van der Waals surface area contributed by atoms with Gasteiger partial charge in [-0.2, -0.15) is 0 Å². The molecule has 0 saturated heterocycles. The van der Waals surface area contributed by atoms with Gasteiger partial charge in [0.25, 0.3) is 0 Å². The standard InChI is InChI=1S/C14H18N2O3/c1-10-8-13(16(17)18)14(19-3)9-12(10)11-4-6-15(2)7-5-11/h4,8-9H,5-7H2,1-3H3. The fourth-order valence-electron chi connectivity index (χ4n) is 2.34. The van der Waals surface area contributed by atoms with E-state index >= 15 is 0 Å². The van der Waals surface area contributed by atoms with Gasteiger partial charge in [0.2, 0.25) is 0 Å². The number of methoxy groups -OCH3 is 1. The maximum atomic E-state index is 11.0. The summed E-state index contributed by atoms with van der Waals surface area (Å²) in [5.74, 6) is 0.324. The Labute approximate surface area is 112 Å². The van der Waals surface area contributed by atoms with Crippen LogP contribution < -0.4 is 4.74 Å². The van der Waals surface area contributed by atoms with Crippen LogP contribution >= 0.6 is 0 Å². The van der Waals surface area contributed by atoms with E-state index in [2.05, 4.69) is 18.0 Å². The van der Waals surface area contributed by atoms with Crippen molar-refractivity contribution in [2.75, 3.05) is 27.2 Å². The van der Waals surface area contributed by atoms with Crippen LogP contribution in [0.25, 0.3) is 5.57 Å². The highest BCUT2D eigenvalue weighted by molar-refractivity contribution is 5.72. The van der Waals surface area contributed by atoms with Crippen LogP contribution in [-0.4, -0.2) is 37.1 Å². The summed E-state index contributed by atoms with van der Waals surface area (Å²) < 4.78 is 5.13. The van der Waals surface area contributed by atoms with Crippen LogP contribution in [0.15, 0.2) is 18.2 Å². The highest BCUT2D eigenvalue weighted by Gasteiger charge is 2.20. The van der Waals surface area contributed by atoms with Crippen molar-refractivity contribution in [3.8, 4) is 5.75 Å². The number of hydrogen-bond donors (Lipinski definition) is 0. The van der Waals surface area contributed by atoms with Gasteiger partial charge in [-0.3, -0.25) is 10.1 Å². The number of likely N-dealkylation sites (N-methyl/N-ethyl adjacent to an activating group) is 1. The van der Waals surface area contributed by atoms with Gasteiger partial charge in [0, 0.05) is 19.2 Å². The Bertz CT molecular complexity index is 538. The molecule has 5 nitrogen and oxygen atoms in total. The molecule has 102 valence electrons. The topological polar surface area (TPSA) is 55.6 Å². The van der Waals surface area contributed by atoms with Gasteiger partial charge in [-0.05, 0) is 43.2 Å². The number of nitrogens with zero attached hydrogens (tertiary/aromatic N) is 2. The minimum Gasteiger partial charge on any atom is -0.490 e. The van der Waals surface area contributed by atoms with Gasteiger partial charge < -0.3 is 9.64 Å². The first-order chi connectivity index (χ1) is 9.02. The Balaban J connectivity index is 2.45. The third-order valence-corrected chi connectivity index (χ3v) is 3.48. The third-order valence-electron chi connectivity index (χ3n) is 3.48. The fourth-order valence-corrected chi connectivity index (χ4v) is 2.34. The fraction of sp³-hybridized carbons (Fsp3) is 0.429. The molecule has 0 fully saturated rings. The second-order valence-electron chi connectivity index (χ2n) is 4.84. The molecule has 0 spiro atoms. The Morgan fingerprint density at radius 3 is 2.68 bits per heavy atom. The maximum Gasteiger partial charge on any atom is 0.311 e. The second kappa shape index (κ2) is 5.40. The number of rotatable bonds is 3. The van der Waals surface area contributed by atoms with Gasteiger partial charge in [-0.25, -0.2) is 0 Å². The molecule has 0 aliphatic carbocycles. The molecule has 0 N–H and O–H groups in total. The Morgan fingerprint density at radius 1 is 1.42 bits per heavy atom. The van der Waals surface area contributed by atoms with Gasteiger partial charge in [0.15, 0.2) is 5.75 Å². The van der Waals surface area contributed by atoms with Crippen molar-refractivity contribution in [3.63, 3.8) is 0 Å². The SMILES string of the molecule is COc1cc(C2=CCN(C)CC2)c(C)cc1[N+](=O)[O-]. The molecule has 0 unspecified atom stereocenters. The molecule has 0 aromatic heterocycles. The van der Waals surface area contributed by atoms with Gasteiger partial charge in [-0.15, -0.1) is 0 Å². The number of nitro benzene ring substituents is 1. The highest BCUT2D eigenvalue weighted by atomic mass is 16.6. The number of aryl methyl sites for hydroxylation is 1. The lowest BCUT2D eigenvalue weighted by Crippen LogP contribution is -2.23. The molecule has 0 saturated carbocycles. The monoisotopic (exact) mass is 262 g/mol. The van der Waals surface area contributed by atoms with Crippen molar-refractivity contribution in [3.05, 3.63) is 39.4 Å². The van der Waals surface area contributed by atoms with Crippen LogP contribution in [0, 0.1) is 17.0 Å². The van der Waals surface area contributed by atoms with Gasteiger partial charge in [0.1, 0.15) is 0 Å². The summed E-state index contributed by atoms with van der Waals surface area (Å²) in [6, 6.07) is 3.37. The maximum absolute atomic E-state index is 11.0. The van der Waals surface area contributed by atoms with E-state index in [-0.39, 0.29) is 5.69 Å². The third kappa shape index (κ3) is 2.76. The molecule has 1 aromatic carbocycles. The van der Waals surface area contributed by atoms with Gasteiger partial charge in [-0.1, -0.05) is 6.08 Å². The smallest absolute Gasteiger partial charge is 0.311 e. The van der Waals surface area contributed by atoms with Crippen molar-refractivity contribution in [2.24, 2.45) is 0 Å². The van der Waals surface area contributed by atoms with E-state index in [9.17, 15) is 10.1 Å². The number of nitro groups is 1. The van der Waals surface area contributed by atoms with Crippen LogP contribution in [0.1, 0.15) is 17.5 Å². The van der Waals surface area contributed by atoms with Gasteiger partial charge >= 0.3 is 5.69 Å². The van der Waals surface area contributed by atoms with E-state index in [1.54, 1.807) is 12.1 Å². The molecule has 0 radical (unpaired) electrons. The van der Waals surface area contributed by atoms with Crippen LogP contribution in [0.2, 0.25) is 0 Å². The minimum atomic E-state index is -0.404. The summed E-state index contributed by atoms with van der Waals surface area (Å²) in [6.45, 7) is 3.82. The molecule has 1 aromatic rings. The summed E-state index contributed by atoms with van der Waals surface area (Å²) in [6.07, 6.45) is 3.13. The molecule has 1 heterocycles. The lowest BCUT2D eigenvalue weighted by molar-refractivity contribution is -0.385. The molecule has 0 atom stereocenters. The zero-order chi connectivity index (χ0) is 14.0. The molecule has 5 heteroatoms. The first-order valence-corrected chi connectivity index (χ1v) is 6.24. The molecular weight excluding hydrogens is 244 g/mol. The van der Waals surface area contributed by atoms with E-state index in [1.165, 1.54) is 12.7 Å². The first-order valence-electron chi connectivity index (χ1n) is 6.24. The van der Waals surface area contributed by atoms with E-state index in [0.29, 0.717) is 5.75 Å². The molecule has 2 rings (SSSR count). The molecule has 0 bridgehead atoms. The highest BCUT2D eigenvalue weighted by Crippen LogP contribution is 2.34. The van der Waals surface area contributed by atoms with Crippen molar-refractivity contribution >= 4 is 11.3 Å². The van der Waals surface area contributed by atoms with Crippen molar-refractivity contribution in [1.29, 1.82) is 0 Å². The molecule has 1 aliphatic rings. The Kier molecular flexibility index (Phi) is 3.85. The second-order valence-corrected chi connectivity index (χ2v) is 4.84. The lowest BCUT2D eigenvalue weighted by Gasteiger charge is -2.23. The molecule has 1 aliphatic heterocycles. The van der Waals surface area contributed by atoms with Crippen LogP contribution in [-0.2, 0) is 0 Å². The Hall–Kier alpha value is -1.88. The summed E-state index contributed by atoms with van der Waals surface area (Å²) in [5.41, 5.74) is 3.24. The molecule has 19 heavy (non-hydrogen) atoms. The summed E-state index contributed by atoms with van der Waals surface area (Å²) in [4.78, 5) is 12.8. The first kappa shape index (κ1) is 13.5. The summed E-state index contributed by atoms with van der Waals surface area (Å²) in [7, 11) is 3.54. The van der Waals surface area contributed by atoms with Gasteiger partial charge in [0.05, 0.1) is 12.0 Å². The van der Waals surface area contributed by atoms with E-state index in [1.807, 2.05) is 6.92 Å². The zero-order valence-electron chi connectivity index (χ0n) is 11.5. The quantitative estimate of drug-likeness (QED) is 0.620. The summed E-state index contributed by atoms with van der Waals surface area (Å²) >= 11 is 0. The molecule has 0 amide bonds. The average Bonchev–Trinajstić information content (AvgIpc) is 2.39. The normalized spacial score (nSPS) is 16.1. The Morgan fingerprint density at radius 2 is 2.16 bits per heavy atom. The van der Waals surface area contributed by atoms with Crippen LogP contribution in [0.3, 0.4) is 0 Å². The van der Waals surface area contributed by atoms with E-state index < -0.39 is 4.92 Å². The summed E-state index contributed by atoms with van der Waals surface area (Å²) in [5, 5.41) is 11.0. The molecular formula is C14H18N2O3. The number of ether oxygens (including phenoxy) is 1. The van der Waals surface area contributed by atoms with Crippen molar-refractivity contribution in [2.45, 2.75) is 13.3 Å². The minimum absolute atomic E-state index is 0.0253. The predicted octanol–water partition coefficient (Wildman–Crippen LogP) is 2.63. The van der Waals surface area contributed by atoms with Crippen molar-refractivity contribution < 1.29 is 9.66 Å². The van der Waals surface area contributed by atoms with E-state index in [4.69, 9.17) is 4.74 Å². The zero-order valence-corrected chi connectivity index (χ0v) is 11.5. The number of hydrogen-bond acceptors (Lipinski definition) is 4. The number of benzene rings is 1. The average molecular weight is 262 g/mol. The van der Waals surface area contributed by atoms with E-state index in [0.717, 1.165) is 30.6 Å².